The summed E-state index contributed by atoms with van der Waals surface area (Å²) in [5.74, 6) is -0.988. The average Bonchev–Trinajstić information content (AvgIpc) is 3.49. The summed E-state index contributed by atoms with van der Waals surface area (Å²) in [6.07, 6.45) is -1.27. The van der Waals surface area contributed by atoms with Crippen molar-refractivity contribution in [3.8, 4) is 6.07 Å². The Morgan fingerprint density at radius 2 is 2.03 bits per heavy atom. The zero-order chi connectivity index (χ0) is 20.8. The third-order valence-corrected chi connectivity index (χ3v) is 4.99. The van der Waals surface area contributed by atoms with Crippen molar-refractivity contribution < 1.29 is 27.1 Å². The van der Waals surface area contributed by atoms with Crippen LogP contribution in [0.2, 0.25) is 0 Å². The molecule has 1 aromatic rings. The second kappa shape index (κ2) is 7.16. The molecule has 3 aliphatic rings. The van der Waals surface area contributed by atoms with E-state index < -0.39 is 30.5 Å². The number of carbonyl (C=O) groups is 1. The molecule has 0 spiro atoms. The first-order valence-electron chi connectivity index (χ1n) is 9.10. The number of fused-ring (bicyclic) bond motifs is 1. The normalized spacial score (nSPS) is 22.1. The maximum atomic E-state index is 13.9. The number of halogens is 4. The molecule has 0 radical (unpaired) electrons. The van der Waals surface area contributed by atoms with E-state index in [0.717, 1.165) is 12.8 Å². The fraction of sp³-hybridized carbons (Fsp3) is 0.333. The van der Waals surface area contributed by atoms with Crippen molar-refractivity contribution >= 4 is 11.4 Å². The number of alkyl halides is 3. The minimum Gasteiger partial charge on any atom is -0.357 e. The second-order valence-electron chi connectivity index (χ2n) is 7.21. The maximum Gasteiger partial charge on any atom is 0.411 e. The molecule has 1 aromatic carbocycles. The fourth-order valence-electron chi connectivity index (χ4n) is 3.60. The number of ether oxygens (including phenoxy) is 1. The van der Waals surface area contributed by atoms with E-state index in [-0.39, 0.29) is 18.2 Å². The first-order chi connectivity index (χ1) is 13.8. The van der Waals surface area contributed by atoms with Crippen LogP contribution >= 0.6 is 0 Å². The number of Topliss-reactive ketones (excluding diaryl/α,β-unsaturated/α-hetero) is 1. The lowest BCUT2D eigenvalue weighted by molar-refractivity contribution is -0.182. The average molecular weight is 404 g/mol. The van der Waals surface area contributed by atoms with Crippen LogP contribution in [0.3, 0.4) is 0 Å². The monoisotopic (exact) mass is 404 g/mol. The Hall–Kier alpha value is -2.92. The molecule has 29 heavy (non-hydrogen) atoms. The summed E-state index contributed by atoms with van der Waals surface area (Å²) >= 11 is 0. The van der Waals surface area contributed by atoms with E-state index in [9.17, 15) is 27.6 Å². The van der Waals surface area contributed by atoms with Crippen LogP contribution in [0.4, 0.5) is 17.6 Å². The van der Waals surface area contributed by atoms with Gasteiger partial charge >= 0.3 is 6.18 Å². The molecule has 0 saturated heterocycles. The SMILES string of the molecule is N#CC1=C(c2cccc(F)c2)C2=CC(OCC(F)(F)F)C(=O)CC2=CN1C1CC1. The van der Waals surface area contributed by atoms with Crippen LogP contribution < -0.4 is 0 Å². The van der Waals surface area contributed by atoms with Gasteiger partial charge in [0.1, 0.15) is 30.3 Å². The zero-order valence-electron chi connectivity index (χ0n) is 15.2. The highest BCUT2D eigenvalue weighted by Gasteiger charge is 2.39. The molecule has 1 aliphatic heterocycles. The Labute approximate surface area is 164 Å². The van der Waals surface area contributed by atoms with Gasteiger partial charge in [-0.05, 0) is 47.8 Å². The molecule has 0 bridgehead atoms. The van der Waals surface area contributed by atoms with Gasteiger partial charge in [0.05, 0.1) is 0 Å². The highest BCUT2D eigenvalue weighted by molar-refractivity contribution is 5.98. The largest absolute Gasteiger partial charge is 0.411 e. The highest BCUT2D eigenvalue weighted by Crippen LogP contribution is 2.44. The van der Waals surface area contributed by atoms with E-state index in [1.165, 1.54) is 24.3 Å². The van der Waals surface area contributed by atoms with E-state index in [1.54, 1.807) is 17.2 Å². The van der Waals surface area contributed by atoms with Gasteiger partial charge in [-0.3, -0.25) is 4.79 Å². The number of carbonyl (C=O) groups excluding carboxylic acids is 1. The number of hydrogen-bond acceptors (Lipinski definition) is 4. The number of allylic oxidation sites excluding steroid dienone is 4. The molecule has 0 N–H and O–H groups in total. The Balaban J connectivity index is 1.81. The topological polar surface area (TPSA) is 53.3 Å². The van der Waals surface area contributed by atoms with Crippen LogP contribution in [0.15, 0.2) is 53.4 Å². The van der Waals surface area contributed by atoms with Gasteiger partial charge in [-0.2, -0.15) is 18.4 Å². The van der Waals surface area contributed by atoms with Crippen molar-refractivity contribution in [3.63, 3.8) is 0 Å². The van der Waals surface area contributed by atoms with Gasteiger partial charge in [0, 0.05) is 24.2 Å². The van der Waals surface area contributed by atoms with E-state index in [4.69, 9.17) is 4.74 Å². The van der Waals surface area contributed by atoms with Crippen molar-refractivity contribution in [2.24, 2.45) is 0 Å². The number of nitriles is 1. The van der Waals surface area contributed by atoms with E-state index >= 15 is 0 Å². The molecule has 0 amide bonds. The summed E-state index contributed by atoms with van der Waals surface area (Å²) < 4.78 is 56.3. The minimum atomic E-state index is -4.57. The maximum absolute atomic E-state index is 13.9. The molecule has 4 nitrogen and oxygen atoms in total. The fourth-order valence-corrected chi connectivity index (χ4v) is 3.60. The molecular formula is C21H16F4N2O2. The van der Waals surface area contributed by atoms with Crippen LogP contribution in [-0.4, -0.2) is 35.6 Å². The third-order valence-electron chi connectivity index (χ3n) is 4.99. The van der Waals surface area contributed by atoms with Gasteiger partial charge in [0.15, 0.2) is 5.78 Å². The van der Waals surface area contributed by atoms with Crippen LogP contribution in [0, 0.1) is 17.1 Å². The molecule has 1 unspecified atom stereocenters. The number of hydrogen-bond donors (Lipinski definition) is 0. The summed E-state index contributed by atoms with van der Waals surface area (Å²) in [7, 11) is 0. The van der Waals surface area contributed by atoms with Crippen LogP contribution in [-0.2, 0) is 9.53 Å². The predicted molar refractivity (Wildman–Crippen MR) is 95.4 cm³/mol. The molecule has 8 heteroatoms. The summed E-state index contributed by atoms with van der Waals surface area (Å²) in [5, 5.41) is 9.81. The lowest BCUT2D eigenvalue weighted by Gasteiger charge is -2.34. The molecule has 1 atom stereocenters. The van der Waals surface area contributed by atoms with Crippen LogP contribution in [0.5, 0.6) is 0 Å². The Morgan fingerprint density at radius 3 is 2.66 bits per heavy atom. The molecule has 4 rings (SSSR count). The van der Waals surface area contributed by atoms with Crippen molar-refractivity contribution in [2.75, 3.05) is 6.61 Å². The van der Waals surface area contributed by atoms with E-state index in [0.29, 0.717) is 22.3 Å². The molecule has 1 saturated carbocycles. The van der Waals surface area contributed by atoms with E-state index in [2.05, 4.69) is 6.07 Å². The lowest BCUT2D eigenvalue weighted by atomic mass is 9.81. The summed E-state index contributed by atoms with van der Waals surface area (Å²) in [6, 6.07) is 7.94. The quantitative estimate of drug-likeness (QED) is 0.704. The third kappa shape index (κ3) is 3.96. The van der Waals surface area contributed by atoms with Crippen LogP contribution in [0.25, 0.3) is 5.57 Å². The Kier molecular flexibility index (Phi) is 4.79. The van der Waals surface area contributed by atoms with Gasteiger partial charge in [0.25, 0.3) is 0 Å². The number of rotatable bonds is 4. The highest BCUT2D eigenvalue weighted by atomic mass is 19.4. The summed E-state index contributed by atoms with van der Waals surface area (Å²) in [4.78, 5) is 14.2. The standard InChI is InChI=1S/C21H16F4N2O2/c22-14-3-1-2-12(6-14)20-16-8-19(29-11-21(23,24)25)18(28)7-13(16)10-27(15-4-5-15)17(20)9-26/h1-3,6,8,10,15,19H,4-5,7,11H2. The van der Waals surface area contributed by atoms with Crippen LogP contribution in [0.1, 0.15) is 24.8 Å². The van der Waals surface area contributed by atoms with Gasteiger partial charge in [-0.15, -0.1) is 0 Å². The smallest absolute Gasteiger partial charge is 0.357 e. The molecule has 1 fully saturated rings. The van der Waals surface area contributed by atoms with Crippen molar-refractivity contribution in [2.45, 2.75) is 37.6 Å². The van der Waals surface area contributed by atoms with Gasteiger partial charge < -0.3 is 9.64 Å². The first kappa shape index (κ1) is 19.4. The van der Waals surface area contributed by atoms with Crippen molar-refractivity contribution in [1.29, 1.82) is 5.26 Å². The first-order valence-corrected chi connectivity index (χ1v) is 9.10. The molecule has 2 aliphatic carbocycles. The molecular weight excluding hydrogens is 388 g/mol. The summed E-state index contributed by atoms with van der Waals surface area (Å²) in [5.41, 5.74) is 2.15. The Morgan fingerprint density at radius 1 is 1.28 bits per heavy atom. The number of ketones is 1. The van der Waals surface area contributed by atoms with Gasteiger partial charge in [0.2, 0.25) is 0 Å². The van der Waals surface area contributed by atoms with Gasteiger partial charge in [-0.1, -0.05) is 12.1 Å². The minimum absolute atomic E-state index is 0.116. The lowest BCUT2D eigenvalue weighted by Crippen LogP contribution is -2.34. The zero-order valence-corrected chi connectivity index (χ0v) is 15.2. The molecule has 1 heterocycles. The summed E-state index contributed by atoms with van der Waals surface area (Å²) in [6.45, 7) is -1.55. The van der Waals surface area contributed by atoms with Crippen molar-refractivity contribution in [3.05, 3.63) is 64.8 Å². The number of benzene rings is 1. The van der Waals surface area contributed by atoms with E-state index in [1.807, 2.05) is 0 Å². The molecule has 150 valence electrons. The predicted octanol–water partition coefficient (Wildman–Crippen LogP) is 4.27. The Bertz CT molecular complexity index is 997. The number of nitrogens with zero attached hydrogens (tertiary/aromatic N) is 2. The second-order valence-corrected chi connectivity index (χ2v) is 7.21. The molecule has 0 aromatic heterocycles. The van der Waals surface area contributed by atoms with Gasteiger partial charge in [-0.25, -0.2) is 4.39 Å². The van der Waals surface area contributed by atoms with Crippen molar-refractivity contribution in [1.82, 2.24) is 4.90 Å².